The Hall–Kier alpha value is -4.20. The third-order valence-electron chi connectivity index (χ3n) is 6.33. The van der Waals surface area contributed by atoms with E-state index in [0.29, 0.717) is 11.3 Å². The highest BCUT2D eigenvalue weighted by Crippen LogP contribution is 2.31. The number of fused-ring (bicyclic) bond motifs is 1. The molecule has 2 aromatic heterocycles. The van der Waals surface area contributed by atoms with Gasteiger partial charge in [0.2, 0.25) is 5.88 Å². The number of pyridine rings is 2. The average molecular weight is 504 g/mol. The van der Waals surface area contributed by atoms with Gasteiger partial charge in [-0.3, -0.25) is 9.78 Å². The van der Waals surface area contributed by atoms with Crippen molar-refractivity contribution in [1.29, 1.82) is 0 Å². The molecule has 0 radical (unpaired) electrons. The van der Waals surface area contributed by atoms with E-state index in [4.69, 9.17) is 4.74 Å². The molecule has 1 aliphatic rings. The molecule has 188 valence electrons. The van der Waals surface area contributed by atoms with Gasteiger partial charge in [0.05, 0.1) is 16.6 Å². The van der Waals surface area contributed by atoms with Crippen molar-refractivity contribution < 1.29 is 22.7 Å². The highest BCUT2D eigenvalue weighted by Gasteiger charge is 2.30. The number of halogens is 3. The van der Waals surface area contributed by atoms with Crippen LogP contribution in [-0.2, 0) is 6.18 Å². The third kappa shape index (κ3) is 6.14. The second kappa shape index (κ2) is 10.4. The van der Waals surface area contributed by atoms with Crippen LogP contribution in [0, 0.1) is 0 Å². The Balaban J connectivity index is 1.17. The minimum atomic E-state index is -4.44. The number of aromatic nitrogens is 2. The Morgan fingerprint density at radius 3 is 2.51 bits per heavy atom. The van der Waals surface area contributed by atoms with Gasteiger partial charge in [-0.05, 0) is 61.6 Å². The van der Waals surface area contributed by atoms with E-state index in [2.05, 4.69) is 21.4 Å². The molecule has 37 heavy (non-hydrogen) atoms. The van der Waals surface area contributed by atoms with Gasteiger partial charge in [0.25, 0.3) is 5.91 Å². The van der Waals surface area contributed by atoms with Crippen molar-refractivity contribution >= 4 is 22.9 Å². The van der Waals surface area contributed by atoms with Crippen molar-refractivity contribution in [3.8, 4) is 11.6 Å². The number of nitrogens with zero attached hydrogens (tertiary/aromatic N) is 2. The average Bonchev–Trinajstić information content (AvgIpc) is 2.89. The summed E-state index contributed by atoms with van der Waals surface area (Å²) < 4.78 is 43.8. The van der Waals surface area contributed by atoms with E-state index >= 15 is 0 Å². The number of ether oxygens (including phenoxy) is 1. The van der Waals surface area contributed by atoms with Crippen molar-refractivity contribution in [1.82, 2.24) is 15.3 Å². The van der Waals surface area contributed by atoms with Crippen LogP contribution in [0.3, 0.4) is 0 Å². The van der Waals surface area contributed by atoms with Gasteiger partial charge in [-0.2, -0.15) is 13.2 Å². The minimum absolute atomic E-state index is 0.0932. The number of rotatable bonds is 5. The lowest BCUT2D eigenvalue weighted by Crippen LogP contribution is -2.36. The Morgan fingerprint density at radius 1 is 0.946 bits per heavy atom. The number of hydrogen-bond acceptors (Lipinski definition) is 4. The summed E-state index contributed by atoms with van der Waals surface area (Å²) in [4.78, 5) is 20.9. The summed E-state index contributed by atoms with van der Waals surface area (Å²) in [5.41, 5.74) is 2.79. The molecule has 0 aliphatic heterocycles. The van der Waals surface area contributed by atoms with Gasteiger partial charge in [0.15, 0.2) is 0 Å². The van der Waals surface area contributed by atoms with Crippen LogP contribution in [0.1, 0.15) is 47.2 Å². The summed E-state index contributed by atoms with van der Waals surface area (Å²) in [6.45, 7) is 0. The Labute approximate surface area is 212 Å². The molecule has 0 spiro atoms. The standard InChI is InChI=1S/C29H24F3N3O2/c30-29(31,32)23-10-13-27(34-18-23)37-25-6-3-4-20(15-25)14-19-8-11-24(12-9-19)35-28(36)22-16-21-5-1-2-7-26(21)33-17-22/h1-7,10,13-18,24H,8-9,11-12H2,(H,35,36). The molecule has 0 saturated heterocycles. The topological polar surface area (TPSA) is 64.1 Å². The Kier molecular flexibility index (Phi) is 6.90. The van der Waals surface area contributed by atoms with Crippen LogP contribution in [0.2, 0.25) is 0 Å². The minimum Gasteiger partial charge on any atom is -0.439 e. The number of hydrogen-bond donors (Lipinski definition) is 1. The van der Waals surface area contributed by atoms with E-state index in [-0.39, 0.29) is 17.8 Å². The fourth-order valence-electron chi connectivity index (χ4n) is 4.37. The van der Waals surface area contributed by atoms with E-state index < -0.39 is 11.7 Å². The highest BCUT2D eigenvalue weighted by atomic mass is 19.4. The van der Waals surface area contributed by atoms with Gasteiger partial charge in [0, 0.05) is 29.9 Å². The quantitative estimate of drug-likeness (QED) is 0.313. The molecular weight excluding hydrogens is 479 g/mol. The predicted molar refractivity (Wildman–Crippen MR) is 135 cm³/mol. The molecule has 2 heterocycles. The Morgan fingerprint density at radius 2 is 1.76 bits per heavy atom. The van der Waals surface area contributed by atoms with Crippen molar-refractivity contribution in [2.75, 3.05) is 0 Å². The first-order valence-electron chi connectivity index (χ1n) is 12.0. The van der Waals surface area contributed by atoms with Gasteiger partial charge in [-0.25, -0.2) is 4.98 Å². The SMILES string of the molecule is O=C(NC1CCC(=Cc2cccc(Oc3ccc(C(F)(F)F)cn3)c2)CC1)c1cnc2ccccc2c1. The largest absolute Gasteiger partial charge is 0.439 e. The number of benzene rings is 2. The maximum Gasteiger partial charge on any atom is 0.417 e. The number of carbonyl (C=O) groups excluding carboxylic acids is 1. The number of allylic oxidation sites excluding steroid dienone is 1. The fourth-order valence-corrected chi connectivity index (χ4v) is 4.37. The van der Waals surface area contributed by atoms with Gasteiger partial charge in [-0.1, -0.05) is 42.0 Å². The molecule has 5 rings (SSSR count). The lowest BCUT2D eigenvalue weighted by atomic mass is 9.89. The molecule has 2 aromatic carbocycles. The second-order valence-corrected chi connectivity index (χ2v) is 9.02. The second-order valence-electron chi connectivity index (χ2n) is 9.02. The zero-order valence-corrected chi connectivity index (χ0v) is 19.8. The summed E-state index contributed by atoms with van der Waals surface area (Å²) in [5.74, 6) is 0.472. The van der Waals surface area contributed by atoms with Crippen molar-refractivity contribution in [3.63, 3.8) is 0 Å². The van der Waals surface area contributed by atoms with Crippen LogP contribution >= 0.6 is 0 Å². The lowest BCUT2D eigenvalue weighted by Gasteiger charge is -2.25. The summed E-state index contributed by atoms with van der Waals surface area (Å²) >= 11 is 0. The van der Waals surface area contributed by atoms with Crippen LogP contribution in [0.4, 0.5) is 13.2 Å². The molecule has 0 bridgehead atoms. The zero-order valence-electron chi connectivity index (χ0n) is 19.8. The smallest absolute Gasteiger partial charge is 0.417 e. The maximum absolute atomic E-state index is 12.7. The summed E-state index contributed by atoms with van der Waals surface area (Å²) in [6.07, 6.45) is 3.41. The number of nitrogens with one attached hydrogen (secondary N) is 1. The monoisotopic (exact) mass is 503 g/mol. The molecule has 1 fully saturated rings. The van der Waals surface area contributed by atoms with Crippen LogP contribution in [-0.4, -0.2) is 21.9 Å². The van der Waals surface area contributed by atoms with E-state index in [1.54, 1.807) is 12.3 Å². The summed E-state index contributed by atoms with van der Waals surface area (Å²) in [7, 11) is 0. The lowest BCUT2D eigenvalue weighted by molar-refractivity contribution is -0.137. The first kappa shape index (κ1) is 24.5. The summed E-state index contributed by atoms with van der Waals surface area (Å²) in [6, 6.07) is 19.1. The van der Waals surface area contributed by atoms with Gasteiger partial charge < -0.3 is 10.1 Å². The number of carbonyl (C=O) groups is 1. The fraction of sp³-hybridized carbons (Fsp3) is 0.207. The molecular formula is C29H24F3N3O2. The molecule has 5 nitrogen and oxygen atoms in total. The number of para-hydroxylation sites is 1. The normalized spacial score (nSPS) is 15.9. The van der Waals surface area contributed by atoms with Gasteiger partial charge >= 0.3 is 6.18 Å². The van der Waals surface area contributed by atoms with Crippen molar-refractivity contribution in [3.05, 3.63) is 101 Å². The molecule has 1 amide bonds. The zero-order chi connectivity index (χ0) is 25.8. The van der Waals surface area contributed by atoms with Crippen LogP contribution < -0.4 is 10.1 Å². The predicted octanol–water partition coefficient (Wildman–Crippen LogP) is 7.20. The first-order valence-corrected chi connectivity index (χ1v) is 12.0. The van der Waals surface area contributed by atoms with Crippen LogP contribution in [0.5, 0.6) is 11.6 Å². The highest BCUT2D eigenvalue weighted by molar-refractivity contribution is 5.97. The van der Waals surface area contributed by atoms with Crippen LogP contribution in [0.15, 0.2) is 84.7 Å². The molecule has 8 heteroatoms. The first-order chi connectivity index (χ1) is 17.8. The van der Waals surface area contributed by atoms with Crippen LogP contribution in [0.25, 0.3) is 17.0 Å². The molecule has 1 N–H and O–H groups in total. The molecule has 1 saturated carbocycles. The molecule has 0 atom stereocenters. The number of amides is 1. The Bertz CT molecular complexity index is 1440. The van der Waals surface area contributed by atoms with E-state index in [0.717, 1.165) is 54.4 Å². The van der Waals surface area contributed by atoms with Crippen molar-refractivity contribution in [2.24, 2.45) is 0 Å². The summed E-state index contributed by atoms with van der Waals surface area (Å²) in [5, 5.41) is 4.06. The van der Waals surface area contributed by atoms with Gasteiger partial charge in [0.1, 0.15) is 5.75 Å². The van der Waals surface area contributed by atoms with E-state index in [9.17, 15) is 18.0 Å². The maximum atomic E-state index is 12.7. The third-order valence-corrected chi connectivity index (χ3v) is 6.33. The van der Waals surface area contributed by atoms with Gasteiger partial charge in [-0.15, -0.1) is 0 Å². The van der Waals surface area contributed by atoms with Crippen molar-refractivity contribution in [2.45, 2.75) is 37.9 Å². The molecule has 4 aromatic rings. The molecule has 1 aliphatic carbocycles. The molecule has 0 unspecified atom stereocenters. The number of alkyl halides is 3. The van der Waals surface area contributed by atoms with E-state index in [1.165, 1.54) is 11.6 Å². The van der Waals surface area contributed by atoms with E-state index in [1.807, 2.05) is 48.5 Å².